The van der Waals surface area contributed by atoms with Gasteiger partial charge in [-0.15, -0.1) is 0 Å². The van der Waals surface area contributed by atoms with E-state index in [1.807, 2.05) is 0 Å². The van der Waals surface area contributed by atoms with Crippen LogP contribution >= 0.6 is 11.6 Å². The quantitative estimate of drug-likeness (QED) is 0.581. The molecule has 2 heterocycles. The summed E-state index contributed by atoms with van der Waals surface area (Å²) in [6.07, 6.45) is 0.0950. The Bertz CT molecular complexity index is 1390. The van der Waals surface area contributed by atoms with Crippen LogP contribution in [0.5, 0.6) is 0 Å². The molecule has 11 heteroatoms. The third kappa shape index (κ3) is 3.58. The molecule has 0 aliphatic carbocycles. The summed E-state index contributed by atoms with van der Waals surface area (Å²) in [6, 6.07) is 10.8. The fourth-order valence-corrected chi connectivity index (χ4v) is 7.41. The molecule has 0 radical (unpaired) electrons. The SMILES string of the molecule is Cn1c(=O)oc2ccc(S(=O)(=O)N3CCC(c4ccccc4Cl)S(=O)(=O)CC3)cc21. The van der Waals surface area contributed by atoms with Gasteiger partial charge in [-0.25, -0.2) is 21.6 Å². The molecule has 0 spiro atoms. The average molecular weight is 471 g/mol. The number of hydrogen-bond acceptors (Lipinski definition) is 6. The molecule has 0 saturated carbocycles. The lowest BCUT2D eigenvalue weighted by Crippen LogP contribution is -2.33. The zero-order valence-electron chi connectivity index (χ0n) is 16.0. The first kappa shape index (κ1) is 21.1. The van der Waals surface area contributed by atoms with E-state index < -0.39 is 30.9 Å². The summed E-state index contributed by atoms with van der Waals surface area (Å²) in [5.41, 5.74) is 1.10. The maximum atomic E-state index is 13.2. The number of halogens is 1. The van der Waals surface area contributed by atoms with Gasteiger partial charge in [0.2, 0.25) is 10.0 Å². The van der Waals surface area contributed by atoms with Crippen molar-refractivity contribution in [3.05, 3.63) is 63.6 Å². The number of hydrogen-bond donors (Lipinski definition) is 0. The molecular weight excluding hydrogens is 452 g/mol. The van der Waals surface area contributed by atoms with Gasteiger partial charge in [0.25, 0.3) is 0 Å². The Morgan fingerprint density at radius 1 is 1.13 bits per heavy atom. The van der Waals surface area contributed by atoms with Crippen molar-refractivity contribution in [2.24, 2.45) is 7.05 Å². The molecule has 4 rings (SSSR count). The number of nitrogens with zero attached hydrogens (tertiary/aromatic N) is 2. The van der Waals surface area contributed by atoms with Crippen molar-refractivity contribution in [1.82, 2.24) is 8.87 Å². The largest absolute Gasteiger partial charge is 0.419 e. The van der Waals surface area contributed by atoms with Crippen LogP contribution in [0, 0.1) is 0 Å². The fraction of sp³-hybridized carbons (Fsp3) is 0.316. The molecule has 160 valence electrons. The Hall–Kier alpha value is -2.14. The van der Waals surface area contributed by atoms with Gasteiger partial charge in [0.1, 0.15) is 0 Å². The molecule has 0 bridgehead atoms. The lowest BCUT2D eigenvalue weighted by molar-refractivity contribution is 0.428. The van der Waals surface area contributed by atoms with Gasteiger partial charge in [-0.1, -0.05) is 29.8 Å². The average Bonchev–Trinajstić information content (AvgIpc) is 2.87. The minimum absolute atomic E-state index is 0.0276. The van der Waals surface area contributed by atoms with E-state index in [2.05, 4.69) is 0 Å². The second-order valence-corrected chi connectivity index (χ2v) is 11.8. The number of sulfonamides is 1. The van der Waals surface area contributed by atoms with E-state index in [0.29, 0.717) is 16.1 Å². The van der Waals surface area contributed by atoms with Gasteiger partial charge in [-0.2, -0.15) is 4.31 Å². The van der Waals surface area contributed by atoms with Crippen LogP contribution in [0.3, 0.4) is 0 Å². The van der Waals surface area contributed by atoms with Crippen LogP contribution in [-0.4, -0.2) is 44.6 Å². The highest BCUT2D eigenvalue weighted by Gasteiger charge is 2.36. The van der Waals surface area contributed by atoms with E-state index in [1.54, 1.807) is 24.3 Å². The number of oxazole rings is 1. The Morgan fingerprint density at radius 2 is 1.87 bits per heavy atom. The summed E-state index contributed by atoms with van der Waals surface area (Å²) < 4.78 is 59.6. The lowest BCUT2D eigenvalue weighted by atomic mass is 10.1. The van der Waals surface area contributed by atoms with Crippen molar-refractivity contribution in [1.29, 1.82) is 0 Å². The topological polar surface area (TPSA) is 107 Å². The molecule has 2 aromatic carbocycles. The molecule has 30 heavy (non-hydrogen) atoms. The standard InChI is InChI=1S/C19H19ClN2O6S2/c1-21-16-12-13(6-7-17(16)28-19(21)23)30(26,27)22-9-8-18(29(24,25)11-10-22)14-4-2-3-5-15(14)20/h2-7,12,18H,8-11H2,1H3. The van der Waals surface area contributed by atoms with Gasteiger partial charge in [-0.3, -0.25) is 4.57 Å². The normalized spacial score (nSPS) is 20.3. The highest BCUT2D eigenvalue weighted by Crippen LogP contribution is 2.35. The Labute approximate surface area is 178 Å². The molecule has 1 aliphatic rings. The van der Waals surface area contributed by atoms with E-state index in [0.717, 1.165) is 0 Å². The van der Waals surface area contributed by atoms with Crippen molar-refractivity contribution in [3.8, 4) is 0 Å². The number of aromatic nitrogens is 1. The van der Waals surface area contributed by atoms with Gasteiger partial charge < -0.3 is 4.42 Å². The first-order valence-corrected chi connectivity index (χ1v) is 12.7. The second-order valence-electron chi connectivity index (χ2n) is 7.13. The molecule has 3 aromatic rings. The number of sulfone groups is 1. The van der Waals surface area contributed by atoms with Gasteiger partial charge >= 0.3 is 5.76 Å². The van der Waals surface area contributed by atoms with Crippen LogP contribution in [0.15, 0.2) is 56.6 Å². The minimum Gasteiger partial charge on any atom is -0.408 e. The van der Waals surface area contributed by atoms with Gasteiger partial charge in [0.15, 0.2) is 15.4 Å². The van der Waals surface area contributed by atoms with Crippen LogP contribution in [-0.2, 0) is 26.9 Å². The molecule has 1 fully saturated rings. The van der Waals surface area contributed by atoms with Crippen LogP contribution in [0.2, 0.25) is 5.02 Å². The van der Waals surface area contributed by atoms with E-state index in [4.69, 9.17) is 16.0 Å². The Kier molecular flexibility index (Phi) is 5.29. The molecule has 1 unspecified atom stereocenters. The highest BCUT2D eigenvalue weighted by molar-refractivity contribution is 7.92. The first-order valence-electron chi connectivity index (χ1n) is 9.17. The molecule has 1 atom stereocenters. The molecular formula is C19H19ClN2O6S2. The smallest absolute Gasteiger partial charge is 0.408 e. The predicted molar refractivity (Wildman–Crippen MR) is 113 cm³/mol. The summed E-state index contributed by atoms with van der Waals surface area (Å²) in [4.78, 5) is 11.6. The van der Waals surface area contributed by atoms with Crippen molar-refractivity contribution in [3.63, 3.8) is 0 Å². The second kappa shape index (κ2) is 7.52. The molecule has 1 aromatic heterocycles. The monoisotopic (exact) mass is 470 g/mol. The van der Waals surface area contributed by atoms with E-state index in [1.165, 1.54) is 34.1 Å². The number of aryl methyl sites for hydroxylation is 1. The Morgan fingerprint density at radius 3 is 2.60 bits per heavy atom. The maximum absolute atomic E-state index is 13.2. The molecule has 1 saturated heterocycles. The fourth-order valence-electron chi connectivity index (χ4n) is 3.67. The third-order valence-corrected chi connectivity index (χ3v) is 9.70. The van der Waals surface area contributed by atoms with Gasteiger partial charge in [0, 0.05) is 25.2 Å². The summed E-state index contributed by atoms with van der Waals surface area (Å²) in [5.74, 6) is -0.905. The van der Waals surface area contributed by atoms with E-state index in [9.17, 15) is 21.6 Å². The van der Waals surface area contributed by atoms with Crippen molar-refractivity contribution in [2.45, 2.75) is 16.6 Å². The van der Waals surface area contributed by atoms with Crippen LogP contribution in [0.25, 0.3) is 11.1 Å². The van der Waals surface area contributed by atoms with Crippen LogP contribution < -0.4 is 5.76 Å². The first-order chi connectivity index (χ1) is 14.1. The number of fused-ring (bicyclic) bond motifs is 1. The van der Waals surface area contributed by atoms with Gasteiger partial charge in [0.05, 0.1) is 21.4 Å². The maximum Gasteiger partial charge on any atom is 0.419 e. The molecule has 8 nitrogen and oxygen atoms in total. The zero-order valence-corrected chi connectivity index (χ0v) is 18.4. The van der Waals surface area contributed by atoms with Crippen molar-refractivity contribution in [2.75, 3.05) is 18.8 Å². The van der Waals surface area contributed by atoms with Crippen molar-refractivity contribution >= 4 is 42.6 Å². The Balaban J connectivity index is 1.69. The van der Waals surface area contributed by atoms with E-state index in [-0.39, 0.29) is 35.7 Å². The minimum atomic E-state index is -3.97. The number of benzene rings is 2. The predicted octanol–water partition coefficient (Wildman–Crippen LogP) is 2.34. The van der Waals surface area contributed by atoms with Gasteiger partial charge in [-0.05, 0) is 36.2 Å². The highest BCUT2D eigenvalue weighted by atomic mass is 35.5. The van der Waals surface area contributed by atoms with Crippen molar-refractivity contribution < 1.29 is 21.3 Å². The summed E-state index contributed by atoms with van der Waals surface area (Å²) >= 11 is 6.20. The van der Waals surface area contributed by atoms with Crippen LogP contribution in [0.4, 0.5) is 0 Å². The summed E-state index contributed by atoms with van der Waals surface area (Å²) in [5, 5.41) is -0.530. The lowest BCUT2D eigenvalue weighted by Gasteiger charge is -2.20. The number of rotatable bonds is 3. The third-order valence-electron chi connectivity index (χ3n) is 5.35. The molecule has 0 N–H and O–H groups in total. The molecule has 1 aliphatic heterocycles. The van der Waals surface area contributed by atoms with Crippen LogP contribution in [0.1, 0.15) is 17.2 Å². The zero-order chi connectivity index (χ0) is 21.7. The van der Waals surface area contributed by atoms with E-state index >= 15 is 0 Å². The molecule has 0 amide bonds. The summed E-state index contributed by atoms with van der Waals surface area (Å²) in [7, 11) is -6.09. The summed E-state index contributed by atoms with van der Waals surface area (Å²) in [6.45, 7) is -0.131.